The number of likely N-dealkylation sites (tertiary alicyclic amines) is 1. The largest absolute Gasteiger partial charge is 0.369 e. The first-order valence-corrected chi connectivity index (χ1v) is 10.6. The van der Waals surface area contributed by atoms with Crippen LogP contribution in [0.4, 0.5) is 5.69 Å². The Morgan fingerprint density at radius 3 is 2.38 bits per heavy atom. The number of aryl methyl sites for hydroxylation is 1. The van der Waals surface area contributed by atoms with Gasteiger partial charge < -0.3 is 10.6 Å². The molecule has 1 heterocycles. The lowest BCUT2D eigenvalue weighted by Gasteiger charge is -2.37. The monoisotopic (exact) mass is 381 g/mol. The third kappa shape index (κ3) is 4.55. The Hall–Kier alpha value is -2.09. The third-order valence-electron chi connectivity index (χ3n) is 4.78. The van der Waals surface area contributed by atoms with Gasteiger partial charge in [-0.15, -0.1) is 0 Å². The number of rotatable bonds is 6. The fourth-order valence-corrected chi connectivity index (χ4v) is 4.60. The topological polar surface area (TPSA) is 101 Å². The predicted molar refractivity (Wildman–Crippen MR) is 101 cm³/mol. The minimum absolute atomic E-state index is 0.220. The summed E-state index contributed by atoms with van der Waals surface area (Å²) >= 11 is 0. The van der Waals surface area contributed by atoms with Crippen LogP contribution in [0.2, 0.25) is 0 Å². The van der Waals surface area contributed by atoms with Crippen LogP contribution in [0, 0.1) is 12.8 Å². The number of nitrogens with two attached hydrogens (primary N) is 1. The lowest BCUT2D eigenvalue weighted by atomic mass is 9.95. The summed E-state index contributed by atoms with van der Waals surface area (Å²) in [5.41, 5.74) is 6.74. The molecular weight excluding hydrogens is 354 g/mol. The summed E-state index contributed by atoms with van der Waals surface area (Å²) in [7, 11) is -3.64. The molecule has 1 aromatic rings. The highest BCUT2D eigenvalue weighted by Crippen LogP contribution is 2.26. The first-order chi connectivity index (χ1) is 12.1. The molecule has 2 N–H and O–H groups in total. The molecule has 1 aliphatic heterocycles. The maximum absolute atomic E-state index is 13.1. The number of primary amides is 1. The zero-order chi connectivity index (χ0) is 19.5. The second-order valence-corrected chi connectivity index (χ2v) is 8.68. The summed E-state index contributed by atoms with van der Waals surface area (Å²) in [6.45, 7) is 4.50. The Morgan fingerprint density at radius 2 is 1.92 bits per heavy atom. The van der Waals surface area contributed by atoms with Gasteiger partial charge in [0.25, 0.3) is 0 Å². The summed E-state index contributed by atoms with van der Waals surface area (Å²) in [5, 5.41) is 0. The molecule has 1 fully saturated rings. The quantitative estimate of drug-likeness (QED) is 0.802. The van der Waals surface area contributed by atoms with Gasteiger partial charge in [-0.25, -0.2) is 8.42 Å². The summed E-state index contributed by atoms with van der Waals surface area (Å²) in [5.74, 6) is -0.800. The van der Waals surface area contributed by atoms with Crippen molar-refractivity contribution >= 4 is 27.5 Å². The molecule has 8 heteroatoms. The number of nitrogens with zero attached hydrogens (tertiary/aromatic N) is 2. The molecule has 1 aliphatic rings. The average Bonchev–Trinajstić information content (AvgIpc) is 2.57. The first-order valence-electron chi connectivity index (χ1n) is 8.79. The van der Waals surface area contributed by atoms with Gasteiger partial charge in [-0.2, -0.15) is 0 Å². The molecule has 7 nitrogen and oxygen atoms in total. The molecule has 1 atom stereocenters. The Labute approximate surface area is 155 Å². The lowest BCUT2D eigenvalue weighted by Crippen LogP contribution is -2.53. The van der Waals surface area contributed by atoms with Crippen LogP contribution in [0.3, 0.4) is 0 Å². The standard InChI is InChI=1S/C18H27N3O4S/c1-4-16(18(23)20-10-8-14(9-11-20)17(19)22)21(26(3,24)25)15-7-5-6-13(2)12-15/h5-7,12,14,16H,4,8-11H2,1-3H3,(H2,19,22)/t16-/m0/s1. The second kappa shape index (κ2) is 8.07. The zero-order valence-electron chi connectivity index (χ0n) is 15.5. The van der Waals surface area contributed by atoms with Crippen LogP contribution in [0.25, 0.3) is 0 Å². The van der Waals surface area contributed by atoms with Crippen molar-refractivity contribution in [1.29, 1.82) is 0 Å². The van der Waals surface area contributed by atoms with E-state index in [-0.39, 0.29) is 17.7 Å². The Kier molecular flexibility index (Phi) is 6.28. The third-order valence-corrected chi connectivity index (χ3v) is 5.96. The van der Waals surface area contributed by atoms with Gasteiger partial charge in [0.15, 0.2) is 0 Å². The molecule has 0 aliphatic carbocycles. The minimum Gasteiger partial charge on any atom is -0.369 e. The van der Waals surface area contributed by atoms with Crippen molar-refractivity contribution in [2.45, 2.75) is 39.2 Å². The molecule has 26 heavy (non-hydrogen) atoms. The lowest BCUT2D eigenvalue weighted by molar-refractivity contribution is -0.135. The molecular formula is C18H27N3O4S. The van der Waals surface area contributed by atoms with E-state index < -0.39 is 16.1 Å². The molecule has 0 unspecified atom stereocenters. The van der Waals surface area contributed by atoms with Gasteiger partial charge in [0.05, 0.1) is 11.9 Å². The number of amides is 2. The number of anilines is 1. The molecule has 2 amide bonds. The highest BCUT2D eigenvalue weighted by Gasteiger charge is 2.36. The normalized spacial score (nSPS) is 17.0. The van der Waals surface area contributed by atoms with E-state index in [4.69, 9.17) is 5.73 Å². The Balaban J connectivity index is 2.28. The van der Waals surface area contributed by atoms with Gasteiger partial charge in [-0.1, -0.05) is 19.1 Å². The van der Waals surface area contributed by atoms with Crippen LogP contribution >= 0.6 is 0 Å². The van der Waals surface area contributed by atoms with Crippen LogP contribution in [0.15, 0.2) is 24.3 Å². The van der Waals surface area contributed by atoms with Gasteiger partial charge in [0.2, 0.25) is 21.8 Å². The highest BCUT2D eigenvalue weighted by atomic mass is 32.2. The van der Waals surface area contributed by atoms with E-state index >= 15 is 0 Å². The number of piperidine rings is 1. The van der Waals surface area contributed by atoms with E-state index in [1.54, 1.807) is 30.0 Å². The number of benzene rings is 1. The number of hydrogen-bond donors (Lipinski definition) is 1. The summed E-state index contributed by atoms with van der Waals surface area (Å²) in [6, 6.07) is 6.30. The van der Waals surface area contributed by atoms with Crippen molar-refractivity contribution in [1.82, 2.24) is 4.90 Å². The van der Waals surface area contributed by atoms with Crippen molar-refractivity contribution < 1.29 is 18.0 Å². The fourth-order valence-electron chi connectivity index (χ4n) is 3.40. The SMILES string of the molecule is CC[C@@H](C(=O)N1CCC(C(N)=O)CC1)N(c1cccc(C)c1)S(C)(=O)=O. The van der Waals surface area contributed by atoms with Gasteiger partial charge in [0.1, 0.15) is 6.04 Å². The van der Waals surface area contributed by atoms with Crippen LogP contribution in [0.1, 0.15) is 31.7 Å². The Morgan fingerprint density at radius 1 is 1.31 bits per heavy atom. The van der Waals surface area contributed by atoms with Crippen LogP contribution in [0.5, 0.6) is 0 Å². The second-order valence-electron chi connectivity index (χ2n) is 6.82. The molecule has 0 bridgehead atoms. The van der Waals surface area contributed by atoms with Gasteiger partial charge in [-0.3, -0.25) is 13.9 Å². The number of hydrogen-bond acceptors (Lipinski definition) is 4. The summed E-state index contributed by atoms with van der Waals surface area (Å²) in [4.78, 5) is 26.0. The van der Waals surface area contributed by atoms with Crippen molar-refractivity contribution in [3.8, 4) is 0 Å². The molecule has 144 valence electrons. The van der Waals surface area contributed by atoms with Crippen LogP contribution in [-0.2, 0) is 19.6 Å². The van der Waals surface area contributed by atoms with Gasteiger partial charge in [-0.05, 0) is 43.9 Å². The predicted octanol–water partition coefficient (Wildman–Crippen LogP) is 1.26. The van der Waals surface area contributed by atoms with Crippen LogP contribution < -0.4 is 10.0 Å². The van der Waals surface area contributed by atoms with E-state index in [9.17, 15) is 18.0 Å². The van der Waals surface area contributed by atoms with E-state index in [2.05, 4.69) is 0 Å². The molecule has 1 aromatic carbocycles. The average molecular weight is 381 g/mol. The summed E-state index contributed by atoms with van der Waals surface area (Å²) < 4.78 is 26.1. The number of carbonyl (C=O) groups is 2. The first kappa shape index (κ1) is 20.2. The van der Waals surface area contributed by atoms with Crippen molar-refractivity contribution in [3.05, 3.63) is 29.8 Å². The minimum atomic E-state index is -3.64. The van der Waals surface area contributed by atoms with Crippen molar-refractivity contribution in [2.24, 2.45) is 11.7 Å². The van der Waals surface area contributed by atoms with Gasteiger partial charge >= 0.3 is 0 Å². The van der Waals surface area contributed by atoms with E-state index in [1.165, 1.54) is 4.31 Å². The molecule has 0 spiro atoms. The van der Waals surface area contributed by atoms with Crippen molar-refractivity contribution in [3.63, 3.8) is 0 Å². The number of carbonyl (C=O) groups excluding carboxylic acids is 2. The van der Waals surface area contributed by atoms with E-state index in [0.717, 1.165) is 11.8 Å². The maximum atomic E-state index is 13.1. The molecule has 0 saturated carbocycles. The van der Waals surface area contributed by atoms with Crippen LogP contribution in [-0.4, -0.2) is 50.5 Å². The van der Waals surface area contributed by atoms with E-state index in [1.807, 2.05) is 13.0 Å². The van der Waals surface area contributed by atoms with E-state index in [0.29, 0.717) is 38.0 Å². The zero-order valence-corrected chi connectivity index (χ0v) is 16.3. The Bertz CT molecular complexity index is 770. The fraction of sp³-hybridized carbons (Fsp3) is 0.556. The molecule has 2 rings (SSSR count). The maximum Gasteiger partial charge on any atom is 0.246 e. The van der Waals surface area contributed by atoms with Gasteiger partial charge in [0, 0.05) is 19.0 Å². The summed E-state index contributed by atoms with van der Waals surface area (Å²) in [6.07, 6.45) is 2.50. The molecule has 1 saturated heterocycles. The highest BCUT2D eigenvalue weighted by molar-refractivity contribution is 7.92. The number of sulfonamides is 1. The smallest absolute Gasteiger partial charge is 0.246 e. The van der Waals surface area contributed by atoms with Crippen molar-refractivity contribution in [2.75, 3.05) is 23.7 Å². The molecule has 0 aromatic heterocycles. The molecule has 0 radical (unpaired) electrons.